The van der Waals surface area contributed by atoms with Gasteiger partial charge >= 0.3 is 0 Å². The molecule has 128 valence electrons. The number of hydrogen-bond acceptors (Lipinski definition) is 4. The first-order valence-electron chi connectivity index (χ1n) is 8.38. The topological polar surface area (TPSA) is 90.3 Å². The number of fused-ring (bicyclic) bond motifs is 1. The van der Waals surface area contributed by atoms with Crippen LogP contribution in [0.4, 0.5) is 5.69 Å². The van der Waals surface area contributed by atoms with Crippen LogP contribution in [0.2, 0.25) is 0 Å². The van der Waals surface area contributed by atoms with Crippen LogP contribution in [0.5, 0.6) is 5.75 Å². The number of nitrogens with zero attached hydrogens (tertiary/aromatic N) is 4. The standard InChI is InChI=1S/C17H24N6O/c1-24-14-8-6-13(7-9-14)20-17(18)19-11-10-16-22-21-15-5-3-2-4-12-23(15)16/h6-9H,2-5,10-12H2,1H3,(H3,18,19,20). The lowest BCUT2D eigenvalue weighted by atomic mass is 10.2. The van der Waals surface area contributed by atoms with Crippen molar-refractivity contribution in [3.8, 4) is 5.75 Å². The summed E-state index contributed by atoms with van der Waals surface area (Å²) in [5.74, 6) is 3.32. The molecule has 7 nitrogen and oxygen atoms in total. The number of benzene rings is 1. The van der Waals surface area contributed by atoms with Gasteiger partial charge in [0.05, 0.1) is 7.11 Å². The SMILES string of the molecule is COc1ccc(NC(N)=NCCc2nnc3n2CCCCC3)cc1. The third-order valence-electron chi connectivity index (χ3n) is 4.17. The molecule has 0 radical (unpaired) electrons. The fraction of sp³-hybridized carbons (Fsp3) is 0.471. The van der Waals surface area contributed by atoms with Crippen LogP contribution in [0.15, 0.2) is 29.3 Å². The van der Waals surface area contributed by atoms with E-state index in [0.717, 1.165) is 42.5 Å². The van der Waals surface area contributed by atoms with Crippen LogP contribution in [0.3, 0.4) is 0 Å². The molecule has 2 heterocycles. The number of hydrogen-bond donors (Lipinski definition) is 2. The molecule has 0 bridgehead atoms. The minimum Gasteiger partial charge on any atom is -0.497 e. The van der Waals surface area contributed by atoms with Gasteiger partial charge in [0, 0.05) is 31.6 Å². The van der Waals surface area contributed by atoms with Crippen molar-refractivity contribution < 1.29 is 4.74 Å². The van der Waals surface area contributed by atoms with Gasteiger partial charge in [-0.15, -0.1) is 10.2 Å². The van der Waals surface area contributed by atoms with E-state index in [0.29, 0.717) is 12.5 Å². The molecule has 0 atom stereocenters. The van der Waals surface area contributed by atoms with Crippen LogP contribution in [0.1, 0.15) is 30.9 Å². The molecule has 24 heavy (non-hydrogen) atoms. The highest BCUT2D eigenvalue weighted by atomic mass is 16.5. The Morgan fingerprint density at radius 3 is 2.88 bits per heavy atom. The number of aryl methyl sites for hydroxylation is 1. The normalized spacial score (nSPS) is 14.8. The molecule has 0 aliphatic carbocycles. The molecule has 2 aromatic rings. The molecule has 0 amide bonds. The first-order valence-corrected chi connectivity index (χ1v) is 8.38. The van der Waals surface area contributed by atoms with Crippen molar-refractivity contribution in [1.82, 2.24) is 14.8 Å². The van der Waals surface area contributed by atoms with E-state index < -0.39 is 0 Å². The van der Waals surface area contributed by atoms with Gasteiger partial charge < -0.3 is 20.4 Å². The number of methoxy groups -OCH3 is 1. The van der Waals surface area contributed by atoms with Gasteiger partial charge in [0.1, 0.15) is 17.4 Å². The van der Waals surface area contributed by atoms with Gasteiger partial charge in [-0.2, -0.15) is 0 Å². The van der Waals surface area contributed by atoms with Crippen molar-refractivity contribution in [3.05, 3.63) is 35.9 Å². The number of rotatable bonds is 5. The fourth-order valence-corrected chi connectivity index (χ4v) is 2.87. The number of nitrogens with two attached hydrogens (primary N) is 1. The van der Waals surface area contributed by atoms with Gasteiger partial charge in [0.25, 0.3) is 0 Å². The maximum atomic E-state index is 5.94. The van der Waals surface area contributed by atoms with Gasteiger partial charge in [-0.3, -0.25) is 4.99 Å². The zero-order chi connectivity index (χ0) is 16.8. The fourth-order valence-electron chi connectivity index (χ4n) is 2.87. The van der Waals surface area contributed by atoms with Crippen molar-refractivity contribution in [2.75, 3.05) is 19.0 Å². The maximum absolute atomic E-state index is 5.94. The summed E-state index contributed by atoms with van der Waals surface area (Å²) in [7, 11) is 1.64. The number of ether oxygens (including phenoxy) is 1. The Kier molecular flexibility index (Phi) is 5.30. The highest BCUT2D eigenvalue weighted by Gasteiger charge is 2.13. The van der Waals surface area contributed by atoms with Gasteiger partial charge in [-0.25, -0.2) is 0 Å². The molecule has 0 fully saturated rings. The van der Waals surface area contributed by atoms with Crippen molar-refractivity contribution >= 4 is 11.6 Å². The number of guanidine groups is 1. The minimum absolute atomic E-state index is 0.399. The summed E-state index contributed by atoms with van der Waals surface area (Å²) >= 11 is 0. The number of aliphatic imine (C=N–C) groups is 1. The molecular weight excluding hydrogens is 304 g/mol. The monoisotopic (exact) mass is 328 g/mol. The summed E-state index contributed by atoms with van der Waals surface area (Å²) in [6, 6.07) is 7.56. The van der Waals surface area contributed by atoms with Crippen LogP contribution in [0, 0.1) is 0 Å². The highest BCUT2D eigenvalue weighted by molar-refractivity contribution is 5.92. The summed E-state index contributed by atoms with van der Waals surface area (Å²) in [6.07, 6.45) is 5.44. The van der Waals surface area contributed by atoms with Crippen LogP contribution in [-0.2, 0) is 19.4 Å². The van der Waals surface area contributed by atoms with Crippen LogP contribution in [0.25, 0.3) is 0 Å². The summed E-state index contributed by atoms with van der Waals surface area (Å²) in [4.78, 5) is 4.38. The van der Waals surface area contributed by atoms with Crippen LogP contribution >= 0.6 is 0 Å². The lowest BCUT2D eigenvalue weighted by Gasteiger charge is -2.07. The molecule has 0 unspecified atom stereocenters. The summed E-state index contributed by atoms with van der Waals surface area (Å²) in [5.41, 5.74) is 6.83. The molecule has 0 saturated heterocycles. The van der Waals surface area contributed by atoms with E-state index in [-0.39, 0.29) is 0 Å². The van der Waals surface area contributed by atoms with Gasteiger partial charge in [0.2, 0.25) is 0 Å². The molecule has 3 N–H and O–H groups in total. The van der Waals surface area contributed by atoms with E-state index in [9.17, 15) is 0 Å². The molecule has 3 rings (SSSR count). The molecule has 7 heteroatoms. The summed E-state index contributed by atoms with van der Waals surface area (Å²) < 4.78 is 7.38. The molecule has 0 spiro atoms. The van der Waals surface area contributed by atoms with E-state index in [1.165, 1.54) is 19.3 Å². The zero-order valence-corrected chi connectivity index (χ0v) is 14.0. The second-order valence-corrected chi connectivity index (χ2v) is 5.87. The van der Waals surface area contributed by atoms with Gasteiger partial charge in [-0.05, 0) is 37.1 Å². The average Bonchev–Trinajstić information content (AvgIpc) is 2.82. The molecule has 1 aliphatic heterocycles. The number of nitrogens with one attached hydrogen (secondary N) is 1. The number of aromatic nitrogens is 3. The Bertz CT molecular complexity index is 692. The van der Waals surface area contributed by atoms with Crippen molar-refractivity contribution in [2.45, 2.75) is 38.6 Å². The zero-order valence-electron chi connectivity index (χ0n) is 14.0. The number of anilines is 1. The highest BCUT2D eigenvalue weighted by Crippen LogP contribution is 2.15. The summed E-state index contributed by atoms with van der Waals surface area (Å²) in [6.45, 7) is 1.61. The van der Waals surface area contributed by atoms with E-state index >= 15 is 0 Å². The summed E-state index contributed by atoms with van der Waals surface area (Å²) in [5, 5.41) is 11.7. The lowest BCUT2D eigenvalue weighted by Crippen LogP contribution is -2.23. The molecule has 1 aromatic carbocycles. The van der Waals surface area contributed by atoms with E-state index in [1.54, 1.807) is 7.11 Å². The Morgan fingerprint density at radius 2 is 2.08 bits per heavy atom. The van der Waals surface area contributed by atoms with Crippen molar-refractivity contribution in [3.63, 3.8) is 0 Å². The smallest absolute Gasteiger partial charge is 0.193 e. The largest absolute Gasteiger partial charge is 0.497 e. The molecule has 1 aliphatic rings. The van der Waals surface area contributed by atoms with E-state index in [4.69, 9.17) is 10.5 Å². The maximum Gasteiger partial charge on any atom is 0.193 e. The Labute approximate surface area is 141 Å². The average molecular weight is 328 g/mol. The quantitative estimate of drug-likeness (QED) is 0.647. The molecular formula is C17H24N6O. The first-order chi connectivity index (χ1) is 11.8. The molecule has 0 saturated carbocycles. The third-order valence-corrected chi connectivity index (χ3v) is 4.17. The molecule has 1 aromatic heterocycles. The van der Waals surface area contributed by atoms with Crippen molar-refractivity contribution in [2.24, 2.45) is 10.7 Å². The lowest BCUT2D eigenvalue weighted by molar-refractivity contribution is 0.415. The van der Waals surface area contributed by atoms with E-state index in [1.807, 2.05) is 24.3 Å². The Hall–Kier alpha value is -2.57. The predicted octanol–water partition coefficient (Wildman–Crippen LogP) is 1.98. The second kappa shape index (κ2) is 7.81. The van der Waals surface area contributed by atoms with Gasteiger partial charge in [-0.1, -0.05) is 6.42 Å². The van der Waals surface area contributed by atoms with E-state index in [2.05, 4.69) is 25.1 Å². The first kappa shape index (κ1) is 16.3. The Morgan fingerprint density at radius 1 is 1.25 bits per heavy atom. The van der Waals surface area contributed by atoms with Crippen molar-refractivity contribution in [1.29, 1.82) is 0 Å². The third kappa shape index (κ3) is 4.04. The predicted molar refractivity (Wildman–Crippen MR) is 94.4 cm³/mol. The Balaban J connectivity index is 1.54. The second-order valence-electron chi connectivity index (χ2n) is 5.87. The minimum atomic E-state index is 0.399. The van der Waals surface area contributed by atoms with Crippen LogP contribution in [-0.4, -0.2) is 34.4 Å². The van der Waals surface area contributed by atoms with Gasteiger partial charge in [0.15, 0.2) is 5.96 Å². The van der Waals surface area contributed by atoms with Crippen LogP contribution < -0.4 is 15.8 Å².